The van der Waals surface area contributed by atoms with E-state index in [1.54, 1.807) is 0 Å². The third-order valence-electron chi connectivity index (χ3n) is 12.4. The molecule has 0 aliphatic heterocycles. The minimum absolute atomic E-state index is 0.547. The van der Waals surface area contributed by atoms with Crippen LogP contribution in [0.25, 0.3) is 87.7 Å². The highest BCUT2D eigenvalue weighted by Crippen LogP contribution is 2.56. The quantitative estimate of drug-likeness (QED) is 0.161. The van der Waals surface area contributed by atoms with Crippen molar-refractivity contribution in [1.82, 2.24) is 15.0 Å². The Morgan fingerprint density at radius 3 is 1.50 bits per heavy atom. The van der Waals surface area contributed by atoms with E-state index in [1.165, 1.54) is 59.1 Å². The zero-order chi connectivity index (χ0) is 41.0. The van der Waals surface area contributed by atoms with E-state index in [1.807, 2.05) is 17.4 Å². The molecule has 0 atom stereocenters. The fourth-order valence-electron chi connectivity index (χ4n) is 9.62. The molecule has 12 rings (SSSR count). The molecule has 290 valence electrons. The topological polar surface area (TPSA) is 38.7 Å². The summed E-state index contributed by atoms with van der Waals surface area (Å²) in [6.45, 7) is 0. The van der Waals surface area contributed by atoms with Crippen LogP contribution in [0.15, 0.2) is 224 Å². The maximum atomic E-state index is 5.36. The van der Waals surface area contributed by atoms with Gasteiger partial charge in [0.25, 0.3) is 0 Å². The van der Waals surface area contributed by atoms with Gasteiger partial charge in [-0.25, -0.2) is 15.0 Å². The van der Waals surface area contributed by atoms with Crippen LogP contribution >= 0.6 is 11.3 Å². The van der Waals surface area contributed by atoms with Crippen molar-refractivity contribution in [3.05, 3.63) is 247 Å². The van der Waals surface area contributed by atoms with E-state index in [2.05, 4.69) is 218 Å². The first-order valence-electron chi connectivity index (χ1n) is 21.0. The van der Waals surface area contributed by atoms with Gasteiger partial charge in [-0.05, 0) is 79.9 Å². The molecule has 0 unspecified atom stereocenters. The first-order chi connectivity index (χ1) is 30.7. The summed E-state index contributed by atoms with van der Waals surface area (Å²) in [5.41, 5.74) is 14.2. The second kappa shape index (κ2) is 14.7. The van der Waals surface area contributed by atoms with Crippen molar-refractivity contribution < 1.29 is 0 Å². The van der Waals surface area contributed by atoms with E-state index < -0.39 is 5.41 Å². The number of benzene rings is 9. The highest BCUT2D eigenvalue weighted by Gasteiger charge is 2.46. The maximum Gasteiger partial charge on any atom is 0.164 e. The number of fused-ring (bicyclic) bond motifs is 6. The lowest BCUT2D eigenvalue weighted by Gasteiger charge is -2.34. The minimum atomic E-state index is -0.547. The van der Waals surface area contributed by atoms with E-state index in [0.29, 0.717) is 17.5 Å². The van der Waals surface area contributed by atoms with Crippen LogP contribution in [0.3, 0.4) is 0 Å². The summed E-state index contributed by atoms with van der Waals surface area (Å²) in [5.74, 6) is 1.88. The second-order valence-electron chi connectivity index (χ2n) is 15.9. The maximum absolute atomic E-state index is 5.36. The van der Waals surface area contributed by atoms with E-state index in [4.69, 9.17) is 15.0 Å². The summed E-state index contributed by atoms with van der Waals surface area (Å²) in [5, 5.41) is 2.56. The smallest absolute Gasteiger partial charge is 0.164 e. The van der Waals surface area contributed by atoms with Crippen molar-refractivity contribution >= 4 is 31.5 Å². The Morgan fingerprint density at radius 2 is 0.790 bits per heavy atom. The molecule has 11 aromatic rings. The van der Waals surface area contributed by atoms with Gasteiger partial charge < -0.3 is 0 Å². The van der Waals surface area contributed by atoms with E-state index in [9.17, 15) is 0 Å². The summed E-state index contributed by atoms with van der Waals surface area (Å²) in [4.78, 5) is 16.0. The molecule has 0 fully saturated rings. The molecular formula is C58H37N3S. The Labute approximate surface area is 364 Å². The average molecular weight is 808 g/mol. The standard InChI is InChI=1S/C58H37N3S/c1-4-17-38(18-5-1)39-19-14-21-41(35-39)55-59-56(42-22-15-20-40(36-42)46-29-16-30-50-49-28-11-13-32-53(49)62-54(46)50)61-57(60-55)43-33-34-48-47-27-10-12-31-51(47)58(52(48)37-43,44-23-6-2-7-24-44)45-25-8-3-9-26-45/h1-37H. The van der Waals surface area contributed by atoms with E-state index in [0.717, 1.165) is 33.4 Å². The van der Waals surface area contributed by atoms with Crippen molar-refractivity contribution in [2.45, 2.75) is 5.41 Å². The summed E-state index contributed by atoms with van der Waals surface area (Å²) in [7, 11) is 0. The molecule has 3 nitrogen and oxygen atoms in total. The van der Waals surface area contributed by atoms with Crippen LogP contribution < -0.4 is 0 Å². The van der Waals surface area contributed by atoms with Gasteiger partial charge >= 0.3 is 0 Å². The third-order valence-corrected chi connectivity index (χ3v) is 13.6. The Balaban J connectivity index is 1.07. The normalized spacial score (nSPS) is 12.6. The van der Waals surface area contributed by atoms with Crippen molar-refractivity contribution in [2.75, 3.05) is 0 Å². The van der Waals surface area contributed by atoms with Gasteiger partial charge in [-0.1, -0.05) is 200 Å². The van der Waals surface area contributed by atoms with Gasteiger partial charge in [0.15, 0.2) is 17.5 Å². The SMILES string of the molecule is c1ccc(-c2cccc(-c3nc(-c4cccc(-c5cccc6c5sc5ccccc56)c4)nc(-c4ccc5c(c4)C(c4ccccc4)(c4ccccc4)c4ccccc4-5)n3)c2)cc1. The fraction of sp³-hybridized carbons (Fsp3) is 0.0172. The molecule has 2 aromatic heterocycles. The Kier molecular flexibility index (Phi) is 8.58. The van der Waals surface area contributed by atoms with Crippen LogP contribution in [0, 0.1) is 0 Å². The summed E-state index contributed by atoms with van der Waals surface area (Å²) >= 11 is 1.84. The van der Waals surface area contributed by atoms with E-state index >= 15 is 0 Å². The number of hydrogen-bond donors (Lipinski definition) is 0. The lowest BCUT2D eigenvalue weighted by atomic mass is 9.67. The molecule has 0 amide bonds. The molecule has 2 heterocycles. The summed E-state index contributed by atoms with van der Waals surface area (Å²) in [6.07, 6.45) is 0. The minimum Gasteiger partial charge on any atom is -0.208 e. The number of thiophene rings is 1. The largest absolute Gasteiger partial charge is 0.208 e. The highest BCUT2D eigenvalue weighted by molar-refractivity contribution is 7.26. The molecule has 1 aliphatic carbocycles. The predicted molar refractivity (Wildman–Crippen MR) is 257 cm³/mol. The first kappa shape index (κ1) is 36.1. The Bertz CT molecular complexity index is 3430. The van der Waals surface area contributed by atoms with Gasteiger partial charge in [0.2, 0.25) is 0 Å². The van der Waals surface area contributed by atoms with Gasteiger partial charge in [0.05, 0.1) is 5.41 Å². The predicted octanol–water partition coefficient (Wildman–Crippen LogP) is 14.9. The van der Waals surface area contributed by atoms with Crippen LogP contribution in [0.1, 0.15) is 22.3 Å². The fourth-order valence-corrected chi connectivity index (χ4v) is 10.9. The molecular weight excluding hydrogens is 771 g/mol. The lowest BCUT2D eigenvalue weighted by molar-refractivity contribution is 0.768. The van der Waals surface area contributed by atoms with Crippen molar-refractivity contribution in [2.24, 2.45) is 0 Å². The second-order valence-corrected chi connectivity index (χ2v) is 17.0. The molecule has 4 heteroatoms. The average Bonchev–Trinajstić information content (AvgIpc) is 3.89. The van der Waals surface area contributed by atoms with Gasteiger partial charge in [0, 0.05) is 36.9 Å². The molecule has 1 aliphatic rings. The van der Waals surface area contributed by atoms with Crippen LogP contribution in [0.2, 0.25) is 0 Å². The molecule has 0 radical (unpaired) electrons. The van der Waals surface area contributed by atoms with Crippen LogP contribution in [0.4, 0.5) is 0 Å². The number of rotatable bonds is 7. The zero-order valence-corrected chi connectivity index (χ0v) is 34.4. The molecule has 0 saturated heterocycles. The summed E-state index contributed by atoms with van der Waals surface area (Å²) < 4.78 is 2.57. The molecule has 9 aromatic carbocycles. The number of aromatic nitrogens is 3. The monoisotopic (exact) mass is 807 g/mol. The molecule has 0 saturated carbocycles. The number of nitrogens with zero attached hydrogens (tertiary/aromatic N) is 3. The molecule has 0 bridgehead atoms. The summed E-state index contributed by atoms with van der Waals surface area (Å²) in [6, 6.07) is 80.4. The van der Waals surface area contributed by atoms with Crippen molar-refractivity contribution in [3.63, 3.8) is 0 Å². The third kappa shape index (κ3) is 5.83. The molecule has 0 spiro atoms. The van der Waals surface area contributed by atoms with Crippen LogP contribution in [-0.4, -0.2) is 15.0 Å². The Hall–Kier alpha value is -7.79. The molecule has 62 heavy (non-hydrogen) atoms. The van der Waals surface area contributed by atoms with Gasteiger partial charge in [0.1, 0.15) is 0 Å². The van der Waals surface area contributed by atoms with Crippen molar-refractivity contribution in [1.29, 1.82) is 0 Å². The van der Waals surface area contributed by atoms with Crippen LogP contribution in [0.5, 0.6) is 0 Å². The van der Waals surface area contributed by atoms with E-state index in [-0.39, 0.29) is 0 Å². The first-order valence-corrected chi connectivity index (χ1v) is 21.8. The van der Waals surface area contributed by atoms with Gasteiger partial charge in [-0.3, -0.25) is 0 Å². The Morgan fingerprint density at radius 1 is 0.306 bits per heavy atom. The van der Waals surface area contributed by atoms with Gasteiger partial charge in [-0.15, -0.1) is 11.3 Å². The number of hydrogen-bond acceptors (Lipinski definition) is 4. The lowest BCUT2D eigenvalue weighted by Crippen LogP contribution is -2.28. The zero-order valence-electron chi connectivity index (χ0n) is 33.6. The van der Waals surface area contributed by atoms with Crippen LogP contribution in [-0.2, 0) is 5.41 Å². The highest BCUT2D eigenvalue weighted by atomic mass is 32.1. The van der Waals surface area contributed by atoms with Crippen molar-refractivity contribution in [3.8, 4) is 67.5 Å². The van der Waals surface area contributed by atoms with Gasteiger partial charge in [-0.2, -0.15) is 0 Å². The molecule has 0 N–H and O–H groups in total.